The van der Waals surface area contributed by atoms with Crippen molar-refractivity contribution in [2.24, 2.45) is 0 Å². The van der Waals surface area contributed by atoms with Gasteiger partial charge in [0.1, 0.15) is 0 Å². The quantitative estimate of drug-likeness (QED) is 0.562. The lowest BCUT2D eigenvalue weighted by atomic mass is 10.0. The van der Waals surface area contributed by atoms with Gasteiger partial charge in [0.2, 0.25) is 10.0 Å². The maximum atomic E-state index is 12.8. The van der Waals surface area contributed by atoms with Crippen LogP contribution in [0.4, 0.5) is 19.0 Å². The fourth-order valence-electron chi connectivity index (χ4n) is 3.86. The molecule has 174 valence electrons. The van der Waals surface area contributed by atoms with Gasteiger partial charge in [0.05, 0.1) is 16.2 Å². The molecule has 4 rings (SSSR count). The average Bonchev–Trinajstić information content (AvgIpc) is 2.79. The van der Waals surface area contributed by atoms with Crippen molar-refractivity contribution in [1.82, 2.24) is 14.5 Å². The molecule has 1 aliphatic heterocycles. The van der Waals surface area contributed by atoms with E-state index < -0.39 is 21.8 Å². The molecule has 1 saturated heterocycles. The molecule has 0 atom stereocenters. The molecule has 2 heterocycles. The van der Waals surface area contributed by atoms with Gasteiger partial charge in [-0.1, -0.05) is 23.8 Å². The van der Waals surface area contributed by atoms with Crippen LogP contribution < -0.4 is 4.90 Å². The summed E-state index contributed by atoms with van der Waals surface area (Å²) in [7, 11) is -3.88. The van der Waals surface area contributed by atoms with E-state index >= 15 is 0 Å². The molecule has 33 heavy (non-hydrogen) atoms. The predicted molar refractivity (Wildman–Crippen MR) is 119 cm³/mol. The van der Waals surface area contributed by atoms with E-state index in [1.165, 1.54) is 9.87 Å². The standard InChI is InChI=1S/C23H23F3N4O2S/c1-16-3-8-20(17(2)15-16)21-9-10-22(28-27-21)29-11-13-30(14-12-29)33(31,32)19-6-4-18(5-7-19)23(24,25)26/h3-10,15H,11-14H2,1-2H3. The maximum Gasteiger partial charge on any atom is 0.416 e. The molecule has 0 bridgehead atoms. The van der Waals surface area contributed by atoms with Crippen LogP contribution in [0.2, 0.25) is 0 Å². The number of nitrogens with zero attached hydrogens (tertiary/aromatic N) is 4. The Morgan fingerprint density at radius 3 is 2.06 bits per heavy atom. The monoisotopic (exact) mass is 476 g/mol. The number of anilines is 1. The van der Waals surface area contributed by atoms with Gasteiger partial charge in [-0.05, 0) is 55.8 Å². The Morgan fingerprint density at radius 1 is 0.848 bits per heavy atom. The number of rotatable bonds is 4. The summed E-state index contributed by atoms with van der Waals surface area (Å²) in [4.78, 5) is 1.79. The molecule has 10 heteroatoms. The third-order valence-electron chi connectivity index (χ3n) is 5.69. The number of sulfonamides is 1. The molecule has 0 amide bonds. The van der Waals surface area contributed by atoms with Gasteiger partial charge in [0.25, 0.3) is 0 Å². The highest BCUT2D eigenvalue weighted by atomic mass is 32.2. The van der Waals surface area contributed by atoms with E-state index in [0.717, 1.165) is 41.1 Å². The summed E-state index contributed by atoms with van der Waals surface area (Å²) in [6.07, 6.45) is -4.51. The maximum absolute atomic E-state index is 12.8. The lowest BCUT2D eigenvalue weighted by Crippen LogP contribution is -2.49. The van der Waals surface area contributed by atoms with Crippen molar-refractivity contribution in [1.29, 1.82) is 0 Å². The van der Waals surface area contributed by atoms with Crippen molar-refractivity contribution < 1.29 is 21.6 Å². The van der Waals surface area contributed by atoms with E-state index in [1.54, 1.807) is 0 Å². The van der Waals surface area contributed by atoms with Crippen LogP contribution in [-0.2, 0) is 16.2 Å². The van der Waals surface area contributed by atoms with Gasteiger partial charge in [0, 0.05) is 31.7 Å². The smallest absolute Gasteiger partial charge is 0.352 e. The Kier molecular flexibility index (Phi) is 6.15. The highest BCUT2D eigenvalue weighted by Crippen LogP contribution is 2.30. The second-order valence-corrected chi connectivity index (χ2v) is 9.95. The topological polar surface area (TPSA) is 66.4 Å². The van der Waals surface area contributed by atoms with Gasteiger partial charge in [-0.15, -0.1) is 10.2 Å². The largest absolute Gasteiger partial charge is 0.416 e. The molecule has 1 fully saturated rings. The minimum atomic E-state index is -4.51. The number of aryl methyl sites for hydroxylation is 2. The first-order valence-corrected chi connectivity index (χ1v) is 11.8. The Hall–Kier alpha value is -2.98. The molecule has 0 unspecified atom stereocenters. The van der Waals surface area contributed by atoms with Crippen molar-refractivity contribution in [2.45, 2.75) is 24.9 Å². The van der Waals surface area contributed by atoms with Gasteiger partial charge in [-0.25, -0.2) is 8.42 Å². The fourth-order valence-corrected chi connectivity index (χ4v) is 5.28. The van der Waals surface area contributed by atoms with Gasteiger partial charge in [-0.3, -0.25) is 0 Å². The van der Waals surface area contributed by atoms with Crippen molar-refractivity contribution in [3.8, 4) is 11.3 Å². The van der Waals surface area contributed by atoms with Crippen LogP contribution in [0.3, 0.4) is 0 Å². The molecule has 0 N–H and O–H groups in total. The predicted octanol–water partition coefficient (Wildman–Crippen LogP) is 4.29. The average molecular weight is 477 g/mol. The summed E-state index contributed by atoms with van der Waals surface area (Å²) >= 11 is 0. The Balaban J connectivity index is 1.43. The fraction of sp³-hybridized carbons (Fsp3) is 0.304. The van der Waals surface area contributed by atoms with E-state index in [1.807, 2.05) is 43.0 Å². The molecule has 3 aromatic rings. The number of alkyl halides is 3. The zero-order chi connectivity index (χ0) is 23.8. The summed E-state index contributed by atoms with van der Waals surface area (Å²) in [6.45, 7) is 5.25. The molecular formula is C23H23F3N4O2S. The number of hydrogen-bond acceptors (Lipinski definition) is 5. The highest BCUT2D eigenvalue weighted by Gasteiger charge is 2.32. The zero-order valence-electron chi connectivity index (χ0n) is 18.2. The van der Waals surface area contributed by atoms with Crippen LogP contribution >= 0.6 is 0 Å². The van der Waals surface area contributed by atoms with Crippen molar-refractivity contribution in [3.05, 3.63) is 71.3 Å². The third kappa shape index (κ3) is 4.86. The summed E-state index contributed by atoms with van der Waals surface area (Å²) in [6, 6.07) is 13.5. The van der Waals surface area contributed by atoms with Crippen molar-refractivity contribution in [2.75, 3.05) is 31.1 Å². The molecule has 0 aliphatic carbocycles. The van der Waals surface area contributed by atoms with Crippen LogP contribution in [0.15, 0.2) is 59.5 Å². The number of aromatic nitrogens is 2. The number of piperazine rings is 1. The third-order valence-corrected chi connectivity index (χ3v) is 7.60. The summed E-state index contributed by atoms with van der Waals surface area (Å²) in [5.74, 6) is 0.648. The molecule has 0 radical (unpaired) electrons. The second-order valence-electron chi connectivity index (χ2n) is 8.01. The zero-order valence-corrected chi connectivity index (χ0v) is 19.0. The minimum Gasteiger partial charge on any atom is -0.352 e. The van der Waals surface area contributed by atoms with Crippen molar-refractivity contribution >= 4 is 15.8 Å². The SMILES string of the molecule is Cc1ccc(-c2ccc(N3CCN(S(=O)(=O)c4ccc(C(F)(F)F)cc4)CC3)nn2)c(C)c1. The number of hydrogen-bond donors (Lipinski definition) is 0. The van der Waals surface area contributed by atoms with Crippen LogP contribution in [0.5, 0.6) is 0 Å². The number of halogens is 3. The van der Waals surface area contributed by atoms with E-state index in [-0.39, 0.29) is 18.0 Å². The van der Waals surface area contributed by atoms with Gasteiger partial charge in [-0.2, -0.15) is 17.5 Å². The molecule has 1 aliphatic rings. The Bertz CT molecular complexity index is 1240. The van der Waals surface area contributed by atoms with Crippen LogP contribution in [-0.4, -0.2) is 49.1 Å². The van der Waals surface area contributed by atoms with Crippen LogP contribution in [0.1, 0.15) is 16.7 Å². The minimum absolute atomic E-state index is 0.151. The molecule has 6 nitrogen and oxygen atoms in total. The van der Waals surface area contributed by atoms with Crippen molar-refractivity contribution in [3.63, 3.8) is 0 Å². The molecule has 2 aromatic carbocycles. The highest BCUT2D eigenvalue weighted by molar-refractivity contribution is 7.89. The molecular weight excluding hydrogens is 453 g/mol. The Morgan fingerprint density at radius 2 is 1.52 bits per heavy atom. The van der Waals surface area contributed by atoms with Gasteiger partial charge in [0.15, 0.2) is 5.82 Å². The molecule has 1 aromatic heterocycles. The van der Waals surface area contributed by atoms with E-state index in [0.29, 0.717) is 18.9 Å². The number of benzene rings is 2. The van der Waals surface area contributed by atoms with E-state index in [2.05, 4.69) is 16.3 Å². The molecule has 0 spiro atoms. The van der Waals surface area contributed by atoms with Gasteiger partial charge < -0.3 is 4.90 Å². The first-order valence-electron chi connectivity index (χ1n) is 10.4. The first-order chi connectivity index (χ1) is 15.6. The Labute approximate surface area is 190 Å². The lowest BCUT2D eigenvalue weighted by Gasteiger charge is -2.34. The summed E-state index contributed by atoms with van der Waals surface area (Å²) in [5.41, 5.74) is 3.17. The van der Waals surface area contributed by atoms with E-state index in [4.69, 9.17) is 0 Å². The summed E-state index contributed by atoms with van der Waals surface area (Å²) < 4.78 is 65.2. The van der Waals surface area contributed by atoms with E-state index in [9.17, 15) is 21.6 Å². The lowest BCUT2D eigenvalue weighted by molar-refractivity contribution is -0.137. The van der Waals surface area contributed by atoms with Crippen LogP contribution in [0, 0.1) is 13.8 Å². The molecule has 0 saturated carbocycles. The van der Waals surface area contributed by atoms with Gasteiger partial charge >= 0.3 is 6.18 Å². The second kappa shape index (κ2) is 8.75. The summed E-state index contributed by atoms with van der Waals surface area (Å²) in [5, 5.41) is 8.66. The van der Waals surface area contributed by atoms with Crippen LogP contribution in [0.25, 0.3) is 11.3 Å². The normalized spacial score (nSPS) is 15.6. The first kappa shape index (κ1) is 23.2.